The van der Waals surface area contributed by atoms with Gasteiger partial charge in [-0.05, 0) is 83.6 Å². The highest BCUT2D eigenvalue weighted by atomic mass is 35.5. The molecular weight excluding hydrogens is 841 g/mol. The number of hydrogen-bond acceptors (Lipinski definition) is 8. The van der Waals surface area contributed by atoms with Gasteiger partial charge in [-0.3, -0.25) is 0 Å². The summed E-state index contributed by atoms with van der Waals surface area (Å²) in [5.41, 5.74) is 5.51. The molecule has 0 fully saturated rings. The number of rotatable bonds is 9. The molecule has 6 rings (SSSR count). The Morgan fingerprint density at radius 3 is 1.18 bits per heavy atom. The van der Waals surface area contributed by atoms with Crippen molar-refractivity contribution in [3.05, 3.63) is 82.8 Å². The summed E-state index contributed by atoms with van der Waals surface area (Å²) in [6.45, 7) is 15.5. The summed E-state index contributed by atoms with van der Waals surface area (Å²) in [7, 11) is 0. The van der Waals surface area contributed by atoms with Gasteiger partial charge in [0, 0.05) is 44.7 Å². The minimum absolute atomic E-state index is 0.0478. The summed E-state index contributed by atoms with van der Waals surface area (Å²) >= 11 is 12.7. The number of carbonyl (C=O) groups is 2. The van der Waals surface area contributed by atoms with Crippen LogP contribution >= 0.6 is 23.2 Å². The number of hydrogen-bond donors (Lipinski definition) is 4. The van der Waals surface area contributed by atoms with Gasteiger partial charge in [0.05, 0.1) is 46.7 Å². The van der Waals surface area contributed by atoms with Gasteiger partial charge < -0.3 is 30.3 Å². The van der Waals surface area contributed by atoms with Crippen LogP contribution in [0.5, 0.6) is 11.5 Å². The third-order valence-electron chi connectivity index (χ3n) is 7.97. The smallest absolute Gasteiger partial charge is 0.490 e. The normalized spacial score (nSPS) is 12.0. The number of anilines is 2. The van der Waals surface area contributed by atoms with Crippen LogP contribution in [0.4, 0.5) is 37.7 Å². The molecule has 0 aliphatic heterocycles. The second-order valence-electron chi connectivity index (χ2n) is 15.8. The highest BCUT2D eigenvalue weighted by Crippen LogP contribution is 2.36. The van der Waals surface area contributed by atoms with E-state index in [9.17, 15) is 26.3 Å². The van der Waals surface area contributed by atoms with Gasteiger partial charge in [0.25, 0.3) is 0 Å². The summed E-state index contributed by atoms with van der Waals surface area (Å²) in [6, 6.07) is 23.8. The van der Waals surface area contributed by atoms with Crippen LogP contribution < -0.4 is 20.1 Å². The first-order valence-corrected chi connectivity index (χ1v) is 18.9. The van der Waals surface area contributed by atoms with Gasteiger partial charge in [-0.2, -0.15) is 26.3 Å². The molecule has 0 spiro atoms. The number of nitrogens with one attached hydrogen (secondary N) is 2. The largest absolute Gasteiger partial charge is 0.493 e. The predicted molar refractivity (Wildman–Crippen MR) is 223 cm³/mol. The zero-order valence-electron chi connectivity index (χ0n) is 33.2. The number of ether oxygens (including phenoxy) is 2. The average Bonchev–Trinajstić information content (AvgIpc) is 3.13. The van der Waals surface area contributed by atoms with Crippen LogP contribution in [0, 0.1) is 10.8 Å². The molecule has 2 heterocycles. The monoisotopic (exact) mass is 882 g/mol. The highest BCUT2D eigenvalue weighted by molar-refractivity contribution is 6.32. The molecule has 0 amide bonds. The zero-order valence-corrected chi connectivity index (χ0v) is 34.7. The molecule has 0 aliphatic rings. The maximum atomic E-state index is 10.6. The molecule has 60 heavy (non-hydrogen) atoms. The summed E-state index contributed by atoms with van der Waals surface area (Å²) in [5, 5.41) is 27.0. The lowest BCUT2D eigenvalue weighted by atomic mass is 9.98. The van der Waals surface area contributed by atoms with Crippen molar-refractivity contribution in [1.82, 2.24) is 9.97 Å². The molecule has 0 saturated carbocycles. The molecule has 6 aromatic rings. The number of nitrogens with zero attached hydrogens (tertiary/aromatic N) is 2. The Kier molecular flexibility index (Phi) is 14.8. The van der Waals surface area contributed by atoms with Crippen molar-refractivity contribution in [2.24, 2.45) is 10.8 Å². The number of fused-ring (bicyclic) bond motifs is 4. The lowest BCUT2D eigenvalue weighted by Crippen LogP contribution is -2.21. The lowest BCUT2D eigenvalue weighted by molar-refractivity contribution is -0.193. The third-order valence-corrected chi connectivity index (χ3v) is 8.44. The van der Waals surface area contributed by atoms with Crippen LogP contribution in [0.3, 0.4) is 0 Å². The number of alkyl halides is 6. The topological polar surface area (TPSA) is 143 Å². The molecule has 0 unspecified atom stereocenters. The van der Waals surface area contributed by atoms with Gasteiger partial charge in [-0.15, -0.1) is 0 Å². The number of benzene rings is 4. The second kappa shape index (κ2) is 18.8. The van der Waals surface area contributed by atoms with Crippen LogP contribution in [-0.4, -0.2) is 70.8 Å². The van der Waals surface area contributed by atoms with Crippen LogP contribution in [0.25, 0.3) is 43.6 Å². The predicted octanol–water partition coefficient (Wildman–Crippen LogP) is 12.0. The lowest BCUT2D eigenvalue weighted by Gasteiger charge is -2.20. The number of carboxylic acids is 2. The van der Waals surface area contributed by atoms with Crippen molar-refractivity contribution in [3.8, 4) is 11.5 Å². The molecule has 4 aromatic carbocycles. The van der Waals surface area contributed by atoms with Crippen LogP contribution in [-0.2, 0) is 9.59 Å². The standard InChI is InChI=1S/C38H40Cl2N4O2.2C2HF3O2/c1-37(2,3)21-45-25-9-13-31-29(19-25)35(27-11-7-23(39)17-33(27)43-31)41-15-16-42-36-28-12-8-24(40)18-34(28)44-32-14-10-26(20-30(32)36)46-22-38(4,5)6;2*3-2(4,5)1(6)7/h7-14,17-20H,15-16,21-22H2,1-6H3,(H,41,43)(H,42,44);2*(H,6,7). The van der Waals surface area contributed by atoms with Gasteiger partial charge >= 0.3 is 24.3 Å². The zero-order chi connectivity index (χ0) is 44.8. The maximum Gasteiger partial charge on any atom is 0.490 e. The molecule has 322 valence electrons. The van der Waals surface area contributed by atoms with Gasteiger partial charge in [-0.25, -0.2) is 19.6 Å². The average molecular weight is 884 g/mol. The quantitative estimate of drug-likeness (QED) is 0.0629. The summed E-state index contributed by atoms with van der Waals surface area (Å²) < 4.78 is 75.8. The van der Waals surface area contributed by atoms with E-state index in [0.717, 1.165) is 66.5 Å². The first kappa shape index (κ1) is 47.2. The third kappa shape index (κ3) is 13.5. The number of pyridine rings is 2. The number of aromatic nitrogens is 2. The van der Waals surface area contributed by atoms with Crippen LogP contribution in [0.2, 0.25) is 10.0 Å². The van der Waals surface area contributed by atoms with Gasteiger partial charge in [0.15, 0.2) is 0 Å². The molecule has 0 radical (unpaired) electrons. The van der Waals surface area contributed by atoms with Crippen molar-refractivity contribution < 1.29 is 55.6 Å². The molecule has 0 saturated heterocycles. The van der Waals surface area contributed by atoms with E-state index in [1.54, 1.807) is 0 Å². The Balaban J connectivity index is 0.000000488. The minimum Gasteiger partial charge on any atom is -0.493 e. The fraction of sp³-hybridized carbons (Fsp3) is 0.333. The van der Waals surface area contributed by atoms with E-state index < -0.39 is 24.3 Å². The molecule has 4 N–H and O–H groups in total. The SMILES string of the molecule is CC(C)(C)COc1ccc2nc3cc(Cl)ccc3c(NCCNc3c4ccc(Cl)cc4nc4ccc(OCC(C)(C)C)cc34)c2c1.O=C(O)C(F)(F)F.O=C(O)C(F)(F)F. The molecular formula is C42H42Cl2F6N4O6. The molecule has 18 heteroatoms. The molecule has 2 aromatic heterocycles. The van der Waals surface area contributed by atoms with Crippen molar-refractivity contribution in [1.29, 1.82) is 0 Å². The van der Waals surface area contributed by atoms with E-state index in [2.05, 4.69) is 64.3 Å². The molecule has 10 nitrogen and oxygen atoms in total. The first-order valence-electron chi connectivity index (χ1n) is 18.1. The van der Waals surface area contributed by atoms with E-state index in [4.69, 9.17) is 62.4 Å². The van der Waals surface area contributed by atoms with E-state index in [1.807, 2.05) is 60.7 Å². The molecule has 0 bridgehead atoms. The van der Waals surface area contributed by atoms with Gasteiger partial charge in [-0.1, -0.05) is 64.7 Å². The molecule has 0 aliphatic carbocycles. The van der Waals surface area contributed by atoms with E-state index >= 15 is 0 Å². The number of aliphatic carboxylic acids is 2. The van der Waals surface area contributed by atoms with Crippen molar-refractivity contribution in [2.75, 3.05) is 36.9 Å². The van der Waals surface area contributed by atoms with Crippen LogP contribution in [0.15, 0.2) is 72.8 Å². The number of carboxylic acid groups (broad SMARTS) is 2. The Morgan fingerprint density at radius 1 is 0.550 bits per heavy atom. The highest BCUT2D eigenvalue weighted by Gasteiger charge is 2.39. The van der Waals surface area contributed by atoms with Gasteiger partial charge in [0.2, 0.25) is 0 Å². The fourth-order valence-corrected chi connectivity index (χ4v) is 5.66. The summed E-state index contributed by atoms with van der Waals surface area (Å²) in [5.74, 6) is -3.88. The van der Waals surface area contributed by atoms with E-state index in [-0.39, 0.29) is 10.8 Å². The second-order valence-corrected chi connectivity index (χ2v) is 16.7. The first-order chi connectivity index (χ1) is 27.7. The Bertz CT molecular complexity index is 2330. The van der Waals surface area contributed by atoms with Crippen LogP contribution in [0.1, 0.15) is 41.5 Å². The van der Waals surface area contributed by atoms with E-state index in [0.29, 0.717) is 36.3 Å². The Hall–Kier alpha value is -5.48. The maximum absolute atomic E-state index is 10.6. The number of halogens is 8. The van der Waals surface area contributed by atoms with Crippen molar-refractivity contribution in [2.45, 2.75) is 53.9 Å². The van der Waals surface area contributed by atoms with Crippen molar-refractivity contribution in [3.63, 3.8) is 0 Å². The Morgan fingerprint density at radius 2 is 0.883 bits per heavy atom. The fourth-order valence-electron chi connectivity index (χ4n) is 5.33. The van der Waals surface area contributed by atoms with Crippen molar-refractivity contribution >= 4 is 90.1 Å². The Labute approximate surface area is 350 Å². The molecule has 0 atom stereocenters. The summed E-state index contributed by atoms with van der Waals surface area (Å²) in [4.78, 5) is 27.6. The van der Waals surface area contributed by atoms with Gasteiger partial charge in [0.1, 0.15) is 11.5 Å². The minimum atomic E-state index is -5.08. The summed E-state index contributed by atoms with van der Waals surface area (Å²) in [6.07, 6.45) is -10.2. The van der Waals surface area contributed by atoms with E-state index in [1.165, 1.54) is 0 Å².